The van der Waals surface area contributed by atoms with Crippen LogP contribution in [-0.2, 0) is 4.74 Å². The fourth-order valence-electron chi connectivity index (χ4n) is 1.45. The highest BCUT2D eigenvalue weighted by Crippen LogP contribution is 2.22. The minimum atomic E-state index is -0.412. The van der Waals surface area contributed by atoms with Gasteiger partial charge in [-0.3, -0.25) is 4.79 Å². The smallest absolute Gasteiger partial charge is 0.252 e. The van der Waals surface area contributed by atoms with Gasteiger partial charge < -0.3 is 10.1 Å². The van der Waals surface area contributed by atoms with E-state index in [0.29, 0.717) is 21.7 Å². The summed E-state index contributed by atoms with van der Waals surface area (Å²) in [5, 5.41) is 3.48. The average molecular weight is 321 g/mol. The van der Waals surface area contributed by atoms with Gasteiger partial charge in [-0.1, -0.05) is 11.6 Å². The van der Waals surface area contributed by atoms with Gasteiger partial charge in [0.05, 0.1) is 17.7 Å². The molecular weight excluding hydrogens is 305 g/mol. The third-order valence-electron chi connectivity index (χ3n) is 2.13. The summed E-state index contributed by atoms with van der Waals surface area (Å²) in [6.45, 7) is 4.25. The highest BCUT2D eigenvalue weighted by molar-refractivity contribution is 9.10. The Labute approximate surface area is 115 Å². The van der Waals surface area contributed by atoms with Gasteiger partial charge in [0, 0.05) is 16.6 Å². The first kappa shape index (κ1) is 14.5. The van der Waals surface area contributed by atoms with Gasteiger partial charge in [0.25, 0.3) is 5.91 Å². The Morgan fingerprint density at radius 3 is 2.71 bits per heavy atom. The quantitative estimate of drug-likeness (QED) is 0.925. The minimum absolute atomic E-state index is 0.157. The molecule has 0 aliphatic rings. The zero-order valence-electron chi connectivity index (χ0n) is 10.0. The summed E-state index contributed by atoms with van der Waals surface area (Å²) >= 11 is 9.14. The van der Waals surface area contributed by atoms with Crippen LogP contribution >= 0.6 is 27.5 Å². The Balaban J connectivity index is 2.83. The number of ether oxygens (including phenoxy) is 1. The summed E-state index contributed by atoms with van der Waals surface area (Å²) in [5.74, 6) is -0.157. The lowest BCUT2D eigenvalue weighted by atomic mass is 10.1. The number of nitrogens with one attached hydrogen (secondary N) is 1. The molecule has 1 aromatic carbocycles. The number of hydrogen-bond acceptors (Lipinski definition) is 2. The van der Waals surface area contributed by atoms with Gasteiger partial charge in [-0.25, -0.2) is 0 Å². The molecule has 94 valence electrons. The molecule has 1 amide bonds. The largest absolute Gasteiger partial charge is 0.382 e. The third kappa shape index (κ3) is 4.30. The third-order valence-corrected chi connectivity index (χ3v) is 3.02. The van der Waals surface area contributed by atoms with Gasteiger partial charge in [-0.05, 0) is 48.0 Å². The van der Waals surface area contributed by atoms with E-state index in [1.165, 1.54) is 0 Å². The van der Waals surface area contributed by atoms with Crippen LogP contribution in [0.4, 0.5) is 0 Å². The minimum Gasteiger partial charge on any atom is -0.382 e. The molecule has 0 aliphatic carbocycles. The van der Waals surface area contributed by atoms with Gasteiger partial charge >= 0.3 is 0 Å². The van der Waals surface area contributed by atoms with Crippen molar-refractivity contribution in [2.75, 3.05) is 13.7 Å². The monoisotopic (exact) mass is 319 g/mol. The highest BCUT2D eigenvalue weighted by atomic mass is 79.9. The van der Waals surface area contributed by atoms with Crippen molar-refractivity contribution in [1.29, 1.82) is 0 Å². The van der Waals surface area contributed by atoms with Crippen molar-refractivity contribution in [3.63, 3.8) is 0 Å². The predicted molar refractivity (Wildman–Crippen MR) is 72.6 cm³/mol. The summed E-state index contributed by atoms with van der Waals surface area (Å²) in [5.41, 5.74) is 0.142. The number of carbonyl (C=O) groups excluding carboxylic acids is 1. The molecule has 5 heteroatoms. The molecule has 0 fully saturated rings. The lowest BCUT2D eigenvalue weighted by molar-refractivity contribution is 0.0819. The molecule has 3 nitrogen and oxygen atoms in total. The second-order valence-electron chi connectivity index (χ2n) is 4.40. The molecule has 0 aromatic heterocycles. The van der Waals surface area contributed by atoms with Crippen molar-refractivity contribution in [2.24, 2.45) is 0 Å². The maximum Gasteiger partial charge on any atom is 0.252 e. The zero-order chi connectivity index (χ0) is 13.1. The molecule has 17 heavy (non-hydrogen) atoms. The second-order valence-corrected chi connectivity index (χ2v) is 5.69. The number of halogens is 2. The molecule has 0 atom stereocenters. The summed E-state index contributed by atoms with van der Waals surface area (Å²) in [4.78, 5) is 12.0. The van der Waals surface area contributed by atoms with E-state index >= 15 is 0 Å². The first-order valence-electron chi connectivity index (χ1n) is 5.12. The Bertz CT molecular complexity index is 421. The fourth-order valence-corrected chi connectivity index (χ4v) is 2.31. The molecule has 1 N–H and O–H groups in total. The Morgan fingerprint density at radius 2 is 2.18 bits per heavy atom. The maximum absolute atomic E-state index is 12.0. The standard InChI is InChI=1S/C12H15BrClNO2/c1-12(2,7-17-3)15-11(16)9-5-4-8(14)6-10(9)13/h4-6H,7H2,1-3H3,(H,15,16). The van der Waals surface area contributed by atoms with E-state index < -0.39 is 5.54 Å². The number of hydrogen-bond donors (Lipinski definition) is 1. The van der Waals surface area contributed by atoms with Crippen molar-refractivity contribution < 1.29 is 9.53 Å². The van der Waals surface area contributed by atoms with Gasteiger partial charge in [0.1, 0.15) is 0 Å². The van der Waals surface area contributed by atoms with Crippen molar-refractivity contribution in [1.82, 2.24) is 5.32 Å². The van der Waals surface area contributed by atoms with E-state index in [-0.39, 0.29) is 5.91 Å². The van der Waals surface area contributed by atoms with Crippen molar-refractivity contribution in [3.8, 4) is 0 Å². The van der Waals surface area contributed by atoms with Crippen LogP contribution in [0.25, 0.3) is 0 Å². The number of rotatable bonds is 4. The molecule has 1 aromatic rings. The van der Waals surface area contributed by atoms with E-state index in [0.717, 1.165) is 0 Å². The Hall–Kier alpha value is -0.580. The number of amides is 1. The van der Waals surface area contributed by atoms with E-state index in [2.05, 4.69) is 21.2 Å². The van der Waals surface area contributed by atoms with Crippen LogP contribution in [0.15, 0.2) is 22.7 Å². The van der Waals surface area contributed by atoms with Crippen LogP contribution in [0.2, 0.25) is 5.02 Å². The van der Waals surface area contributed by atoms with Gasteiger partial charge in [-0.2, -0.15) is 0 Å². The lowest BCUT2D eigenvalue weighted by Crippen LogP contribution is -2.46. The van der Waals surface area contributed by atoms with Crippen LogP contribution in [0.1, 0.15) is 24.2 Å². The molecule has 0 unspecified atom stereocenters. The number of methoxy groups -OCH3 is 1. The second kappa shape index (κ2) is 5.85. The van der Waals surface area contributed by atoms with Gasteiger partial charge in [0.15, 0.2) is 0 Å². The van der Waals surface area contributed by atoms with Crippen LogP contribution in [0.5, 0.6) is 0 Å². The Kier molecular flexibility index (Phi) is 4.98. The van der Waals surface area contributed by atoms with Crippen molar-refractivity contribution in [3.05, 3.63) is 33.3 Å². The maximum atomic E-state index is 12.0. The van der Waals surface area contributed by atoms with Crippen molar-refractivity contribution in [2.45, 2.75) is 19.4 Å². The van der Waals surface area contributed by atoms with E-state index in [4.69, 9.17) is 16.3 Å². The van der Waals surface area contributed by atoms with Crippen molar-refractivity contribution >= 4 is 33.4 Å². The molecule has 0 radical (unpaired) electrons. The average Bonchev–Trinajstić information content (AvgIpc) is 2.15. The van der Waals surface area contributed by atoms with Gasteiger partial charge in [0.2, 0.25) is 0 Å². The predicted octanol–water partition coefficient (Wildman–Crippen LogP) is 3.26. The number of benzene rings is 1. The van der Waals surface area contributed by atoms with E-state index in [9.17, 15) is 4.79 Å². The Morgan fingerprint density at radius 1 is 1.53 bits per heavy atom. The van der Waals surface area contributed by atoms with Gasteiger partial charge in [-0.15, -0.1) is 0 Å². The topological polar surface area (TPSA) is 38.3 Å². The molecule has 0 saturated heterocycles. The van der Waals surface area contributed by atoms with Crippen LogP contribution in [0, 0.1) is 0 Å². The van der Waals surface area contributed by atoms with Crippen LogP contribution in [0.3, 0.4) is 0 Å². The van der Waals surface area contributed by atoms with E-state index in [1.807, 2.05) is 13.8 Å². The first-order valence-corrected chi connectivity index (χ1v) is 6.29. The SMILES string of the molecule is COCC(C)(C)NC(=O)c1ccc(Cl)cc1Br. The lowest BCUT2D eigenvalue weighted by Gasteiger charge is -2.25. The molecule has 0 spiro atoms. The molecule has 1 rings (SSSR count). The summed E-state index contributed by atoms with van der Waals surface area (Å²) < 4.78 is 5.72. The molecule has 0 saturated carbocycles. The molecule has 0 heterocycles. The summed E-state index contributed by atoms with van der Waals surface area (Å²) in [6.07, 6.45) is 0. The van der Waals surface area contributed by atoms with E-state index in [1.54, 1.807) is 25.3 Å². The summed E-state index contributed by atoms with van der Waals surface area (Å²) in [6, 6.07) is 5.06. The molecular formula is C12H15BrClNO2. The number of carbonyl (C=O) groups is 1. The summed E-state index contributed by atoms with van der Waals surface area (Å²) in [7, 11) is 1.60. The van der Waals surface area contributed by atoms with Crippen LogP contribution in [-0.4, -0.2) is 25.2 Å². The molecule has 0 bridgehead atoms. The zero-order valence-corrected chi connectivity index (χ0v) is 12.4. The highest BCUT2D eigenvalue weighted by Gasteiger charge is 2.22. The first-order chi connectivity index (χ1) is 7.85. The fraction of sp³-hybridized carbons (Fsp3) is 0.417. The normalized spacial score (nSPS) is 11.4. The van der Waals surface area contributed by atoms with Crippen LogP contribution < -0.4 is 5.32 Å². The molecule has 0 aliphatic heterocycles.